The van der Waals surface area contributed by atoms with Gasteiger partial charge in [0.05, 0.1) is 0 Å². The molecule has 0 radical (unpaired) electrons. The minimum absolute atomic E-state index is 0.0973. The van der Waals surface area contributed by atoms with Crippen molar-refractivity contribution in [3.05, 3.63) is 46.1 Å². The highest BCUT2D eigenvalue weighted by molar-refractivity contribution is 14.1. The highest BCUT2D eigenvalue weighted by atomic mass is 127. The van der Waals surface area contributed by atoms with Gasteiger partial charge in [0.25, 0.3) is 0 Å². The van der Waals surface area contributed by atoms with Crippen molar-refractivity contribution in [1.82, 2.24) is 5.32 Å². The molecule has 0 aliphatic carbocycles. The zero-order chi connectivity index (χ0) is 13.8. The maximum atomic E-state index is 4.01. The first-order chi connectivity index (χ1) is 8.24. The predicted octanol–water partition coefficient (Wildman–Crippen LogP) is 4.41. The van der Waals surface area contributed by atoms with Gasteiger partial charge < -0.3 is 5.32 Å². The lowest BCUT2D eigenvalue weighted by Gasteiger charge is -2.31. The number of rotatable bonds is 5. The molecule has 0 aliphatic heterocycles. The number of hydrogen-bond donors (Lipinski definition) is 1. The van der Waals surface area contributed by atoms with E-state index in [-0.39, 0.29) is 11.0 Å². The first-order valence-corrected chi connectivity index (χ1v) is 7.45. The minimum Gasteiger partial charge on any atom is -0.311 e. The Morgan fingerprint density at radius 1 is 1.17 bits per heavy atom. The van der Waals surface area contributed by atoms with Gasteiger partial charge in [0.2, 0.25) is 0 Å². The molecule has 100 valence electrons. The Kier molecular flexibility index (Phi) is 5.41. The standard InChI is InChI=1S/C16H24IN/c1-6-16(5,12-18-15(2,3)4)11-13-7-9-14(17)10-8-13/h6-10,18H,1,11-12H2,2-5H3. The van der Waals surface area contributed by atoms with Crippen molar-refractivity contribution in [3.8, 4) is 0 Å². The van der Waals surface area contributed by atoms with E-state index in [9.17, 15) is 0 Å². The van der Waals surface area contributed by atoms with Crippen molar-refractivity contribution in [3.63, 3.8) is 0 Å². The fraction of sp³-hybridized carbons (Fsp3) is 0.500. The predicted molar refractivity (Wildman–Crippen MR) is 88.9 cm³/mol. The molecule has 1 unspecified atom stereocenters. The van der Waals surface area contributed by atoms with Gasteiger partial charge in [-0.3, -0.25) is 0 Å². The molecular formula is C16H24IN. The molecule has 1 nitrogen and oxygen atoms in total. The third-order valence-corrected chi connectivity index (χ3v) is 3.76. The summed E-state index contributed by atoms with van der Waals surface area (Å²) < 4.78 is 1.28. The van der Waals surface area contributed by atoms with Gasteiger partial charge in [0.15, 0.2) is 0 Å². The zero-order valence-corrected chi connectivity index (χ0v) is 14.0. The Balaban J connectivity index is 2.70. The molecule has 1 aromatic carbocycles. The maximum Gasteiger partial charge on any atom is 0.0130 e. The van der Waals surface area contributed by atoms with E-state index in [4.69, 9.17) is 0 Å². The van der Waals surface area contributed by atoms with Crippen LogP contribution in [0.25, 0.3) is 0 Å². The van der Waals surface area contributed by atoms with Gasteiger partial charge >= 0.3 is 0 Å². The summed E-state index contributed by atoms with van der Waals surface area (Å²) in [5, 5.41) is 3.57. The molecule has 1 atom stereocenters. The minimum atomic E-state index is 0.0973. The second kappa shape index (κ2) is 6.20. The molecule has 0 spiro atoms. The van der Waals surface area contributed by atoms with E-state index in [1.54, 1.807) is 0 Å². The lowest BCUT2D eigenvalue weighted by Crippen LogP contribution is -2.43. The van der Waals surface area contributed by atoms with Gasteiger partial charge in [-0.1, -0.05) is 25.1 Å². The van der Waals surface area contributed by atoms with Crippen LogP contribution in [0.2, 0.25) is 0 Å². The van der Waals surface area contributed by atoms with Crippen molar-refractivity contribution in [2.24, 2.45) is 5.41 Å². The van der Waals surface area contributed by atoms with Gasteiger partial charge in [-0.15, -0.1) is 6.58 Å². The normalized spacial score (nSPS) is 15.2. The van der Waals surface area contributed by atoms with E-state index in [0.29, 0.717) is 0 Å². The summed E-state index contributed by atoms with van der Waals surface area (Å²) in [6, 6.07) is 8.74. The first-order valence-electron chi connectivity index (χ1n) is 6.37. The van der Waals surface area contributed by atoms with Crippen LogP contribution in [-0.2, 0) is 6.42 Å². The molecule has 0 fully saturated rings. The molecule has 0 heterocycles. The van der Waals surface area contributed by atoms with E-state index >= 15 is 0 Å². The van der Waals surface area contributed by atoms with Crippen LogP contribution in [0.4, 0.5) is 0 Å². The summed E-state index contributed by atoms with van der Waals surface area (Å²) in [6.07, 6.45) is 3.10. The van der Waals surface area contributed by atoms with Crippen molar-refractivity contribution >= 4 is 22.6 Å². The first kappa shape index (κ1) is 15.7. The second-order valence-electron chi connectivity index (χ2n) is 6.26. The van der Waals surface area contributed by atoms with E-state index in [1.807, 2.05) is 0 Å². The summed E-state index contributed by atoms with van der Waals surface area (Å²) in [5.41, 5.74) is 1.62. The number of nitrogens with one attached hydrogen (secondary N) is 1. The van der Waals surface area contributed by atoms with Crippen molar-refractivity contribution < 1.29 is 0 Å². The van der Waals surface area contributed by atoms with Gasteiger partial charge in [-0.2, -0.15) is 0 Å². The Morgan fingerprint density at radius 2 is 1.72 bits per heavy atom. The molecule has 18 heavy (non-hydrogen) atoms. The number of benzene rings is 1. The van der Waals surface area contributed by atoms with Crippen molar-refractivity contribution in [1.29, 1.82) is 0 Å². The van der Waals surface area contributed by atoms with Gasteiger partial charge in [0, 0.05) is 21.1 Å². The molecule has 0 aromatic heterocycles. The van der Waals surface area contributed by atoms with Crippen LogP contribution in [0, 0.1) is 8.99 Å². The molecule has 0 saturated carbocycles. The average molecular weight is 357 g/mol. The quantitative estimate of drug-likeness (QED) is 0.608. The monoisotopic (exact) mass is 357 g/mol. The van der Waals surface area contributed by atoms with E-state index in [1.165, 1.54) is 9.13 Å². The Hall–Kier alpha value is -0.350. The van der Waals surface area contributed by atoms with E-state index in [2.05, 4.69) is 92.5 Å². The highest BCUT2D eigenvalue weighted by Gasteiger charge is 2.23. The van der Waals surface area contributed by atoms with Crippen LogP contribution in [0.3, 0.4) is 0 Å². The Morgan fingerprint density at radius 3 is 2.17 bits per heavy atom. The SMILES string of the molecule is C=CC(C)(CNC(C)(C)C)Cc1ccc(I)cc1. The van der Waals surface area contributed by atoms with Crippen LogP contribution in [0.1, 0.15) is 33.3 Å². The molecule has 0 saturated heterocycles. The average Bonchev–Trinajstić information content (AvgIpc) is 2.29. The van der Waals surface area contributed by atoms with Gasteiger partial charge in [-0.05, 0) is 67.5 Å². The third kappa shape index (κ3) is 5.53. The van der Waals surface area contributed by atoms with Crippen LogP contribution >= 0.6 is 22.6 Å². The molecule has 0 amide bonds. The fourth-order valence-electron chi connectivity index (χ4n) is 1.74. The van der Waals surface area contributed by atoms with Crippen LogP contribution < -0.4 is 5.32 Å². The number of halogens is 1. The second-order valence-corrected chi connectivity index (χ2v) is 7.51. The summed E-state index contributed by atoms with van der Waals surface area (Å²) in [5.74, 6) is 0. The van der Waals surface area contributed by atoms with E-state index < -0.39 is 0 Å². The lowest BCUT2D eigenvalue weighted by atomic mass is 9.83. The Labute approximate surface area is 125 Å². The lowest BCUT2D eigenvalue weighted by molar-refractivity contribution is 0.322. The van der Waals surface area contributed by atoms with Crippen LogP contribution in [0.15, 0.2) is 36.9 Å². The zero-order valence-electron chi connectivity index (χ0n) is 11.9. The smallest absolute Gasteiger partial charge is 0.0130 e. The molecule has 2 heteroatoms. The molecule has 0 aliphatic rings. The largest absolute Gasteiger partial charge is 0.311 e. The summed E-state index contributed by atoms with van der Waals surface area (Å²) in [7, 11) is 0. The molecule has 0 bridgehead atoms. The van der Waals surface area contributed by atoms with Crippen LogP contribution in [0.5, 0.6) is 0 Å². The maximum absolute atomic E-state index is 4.01. The summed E-state index contributed by atoms with van der Waals surface area (Å²) in [4.78, 5) is 0. The van der Waals surface area contributed by atoms with Crippen molar-refractivity contribution in [2.75, 3.05) is 6.54 Å². The third-order valence-electron chi connectivity index (χ3n) is 3.04. The van der Waals surface area contributed by atoms with Crippen LogP contribution in [-0.4, -0.2) is 12.1 Å². The van der Waals surface area contributed by atoms with Gasteiger partial charge in [-0.25, -0.2) is 0 Å². The Bertz CT molecular complexity index is 389. The fourth-order valence-corrected chi connectivity index (χ4v) is 2.10. The molecule has 1 rings (SSSR count). The topological polar surface area (TPSA) is 12.0 Å². The van der Waals surface area contributed by atoms with Crippen molar-refractivity contribution in [2.45, 2.75) is 39.7 Å². The summed E-state index contributed by atoms with van der Waals surface area (Å²) >= 11 is 2.34. The van der Waals surface area contributed by atoms with Gasteiger partial charge in [0.1, 0.15) is 0 Å². The highest BCUT2D eigenvalue weighted by Crippen LogP contribution is 2.24. The number of hydrogen-bond acceptors (Lipinski definition) is 1. The molecule has 1 aromatic rings. The molecule has 1 N–H and O–H groups in total. The summed E-state index contributed by atoms with van der Waals surface area (Å²) in [6.45, 7) is 13.8. The van der Waals surface area contributed by atoms with E-state index in [0.717, 1.165) is 13.0 Å². The molecular weight excluding hydrogens is 333 g/mol.